The highest BCUT2D eigenvalue weighted by molar-refractivity contribution is 5.99. The van der Waals surface area contributed by atoms with Crippen LogP contribution in [0.3, 0.4) is 0 Å². The number of rotatable bonds is 5. The molecule has 5 nitrogen and oxygen atoms in total. The molecule has 0 saturated carbocycles. The number of amides is 2. The normalized spacial score (nSPS) is 13.7. The minimum Gasteiger partial charge on any atom is -0.444 e. The van der Waals surface area contributed by atoms with Crippen molar-refractivity contribution in [1.82, 2.24) is 10.6 Å². The van der Waals surface area contributed by atoms with E-state index >= 15 is 0 Å². The third-order valence-electron chi connectivity index (χ3n) is 3.90. The van der Waals surface area contributed by atoms with E-state index in [1.165, 1.54) is 0 Å². The highest BCUT2D eigenvalue weighted by atomic mass is 16.5. The molecule has 1 aliphatic heterocycles. The summed E-state index contributed by atoms with van der Waals surface area (Å²) in [5.74, 6) is -0.465. The van der Waals surface area contributed by atoms with Crippen molar-refractivity contribution in [3.63, 3.8) is 0 Å². The summed E-state index contributed by atoms with van der Waals surface area (Å²) >= 11 is 0. The molecule has 0 atom stereocenters. The number of allylic oxidation sites excluding steroid dienone is 3. The molecule has 0 aromatic heterocycles. The summed E-state index contributed by atoms with van der Waals surface area (Å²) in [7, 11) is 0. The zero-order valence-corrected chi connectivity index (χ0v) is 14.4. The van der Waals surface area contributed by atoms with Crippen LogP contribution < -0.4 is 10.6 Å². The lowest BCUT2D eigenvalue weighted by Crippen LogP contribution is -2.35. The van der Waals surface area contributed by atoms with Gasteiger partial charge in [0.15, 0.2) is 0 Å². The van der Waals surface area contributed by atoms with Crippen LogP contribution in [0, 0.1) is 0 Å². The van der Waals surface area contributed by atoms with Crippen LogP contribution in [0.2, 0.25) is 0 Å². The summed E-state index contributed by atoms with van der Waals surface area (Å²) in [6, 6.07) is 19.1. The lowest BCUT2D eigenvalue weighted by molar-refractivity contribution is -0.117. The molecular weight excluding hydrogens is 328 g/mol. The first-order chi connectivity index (χ1) is 12.6. The average molecular weight is 347 g/mol. The van der Waals surface area contributed by atoms with Gasteiger partial charge in [0.05, 0.1) is 0 Å². The number of benzene rings is 2. The molecule has 26 heavy (non-hydrogen) atoms. The first-order valence-corrected chi connectivity index (χ1v) is 8.31. The fourth-order valence-corrected chi connectivity index (χ4v) is 2.62. The van der Waals surface area contributed by atoms with Crippen molar-refractivity contribution in [3.8, 4) is 0 Å². The Morgan fingerprint density at radius 3 is 2.23 bits per heavy atom. The van der Waals surface area contributed by atoms with Crippen molar-refractivity contribution in [2.45, 2.75) is 20.0 Å². The van der Waals surface area contributed by atoms with Crippen molar-refractivity contribution in [3.05, 3.63) is 94.8 Å². The number of hydrogen-bond acceptors (Lipinski definition) is 3. The minimum atomic E-state index is -0.674. The summed E-state index contributed by atoms with van der Waals surface area (Å²) in [6.07, 6.45) is 1.70. The first-order valence-electron chi connectivity index (χ1n) is 8.31. The Balaban J connectivity index is 1.62. The largest absolute Gasteiger partial charge is 0.444 e. The van der Waals surface area contributed by atoms with Gasteiger partial charge in [-0.1, -0.05) is 60.7 Å². The third-order valence-corrected chi connectivity index (χ3v) is 3.90. The summed E-state index contributed by atoms with van der Waals surface area (Å²) < 4.78 is 5.15. The van der Waals surface area contributed by atoms with E-state index < -0.39 is 12.0 Å². The lowest BCUT2D eigenvalue weighted by Gasteiger charge is -2.17. The van der Waals surface area contributed by atoms with Crippen LogP contribution in [0.15, 0.2) is 83.7 Å². The average Bonchev–Trinajstić information content (AvgIpc) is 2.65. The van der Waals surface area contributed by atoms with Crippen LogP contribution in [0.5, 0.6) is 0 Å². The molecule has 1 aliphatic rings. The number of carbonyl (C=O) groups is 2. The second-order valence-corrected chi connectivity index (χ2v) is 5.96. The fourth-order valence-electron chi connectivity index (χ4n) is 2.62. The maximum absolute atomic E-state index is 12.3. The molecule has 0 fully saturated rings. The van der Waals surface area contributed by atoms with Gasteiger partial charge in [0.2, 0.25) is 0 Å². The van der Waals surface area contributed by atoms with Gasteiger partial charge in [0.25, 0.3) is 5.91 Å². The van der Waals surface area contributed by atoms with E-state index in [0.29, 0.717) is 17.7 Å². The van der Waals surface area contributed by atoms with Crippen LogP contribution in [0.1, 0.15) is 18.1 Å². The van der Waals surface area contributed by atoms with Gasteiger partial charge in [-0.15, -0.1) is 0 Å². The molecule has 1 N–H and O–H groups in total. The molecule has 1 heterocycles. The van der Waals surface area contributed by atoms with Crippen molar-refractivity contribution in [1.29, 1.82) is 0 Å². The first kappa shape index (κ1) is 17.5. The van der Waals surface area contributed by atoms with Crippen LogP contribution in [0.25, 0.3) is 0 Å². The molecule has 131 valence electrons. The minimum absolute atomic E-state index is 0.138. The van der Waals surface area contributed by atoms with Crippen LogP contribution in [0.4, 0.5) is 4.79 Å². The Bertz CT molecular complexity index is 855. The second kappa shape index (κ2) is 8.16. The topological polar surface area (TPSA) is 69.5 Å². The molecule has 0 spiro atoms. The van der Waals surface area contributed by atoms with Gasteiger partial charge in [0.1, 0.15) is 12.3 Å². The van der Waals surface area contributed by atoms with Gasteiger partial charge >= 0.3 is 6.09 Å². The van der Waals surface area contributed by atoms with E-state index in [-0.39, 0.29) is 12.3 Å². The highest BCUT2D eigenvalue weighted by Gasteiger charge is 2.23. The summed E-state index contributed by atoms with van der Waals surface area (Å²) in [5.41, 5.74) is 3.43. The van der Waals surface area contributed by atoms with E-state index in [2.05, 4.69) is 10.6 Å². The van der Waals surface area contributed by atoms with E-state index in [1.54, 1.807) is 13.0 Å². The Hall–Kier alpha value is -3.34. The Morgan fingerprint density at radius 1 is 1.00 bits per heavy atom. The van der Waals surface area contributed by atoms with Crippen LogP contribution in [-0.4, -0.2) is 12.0 Å². The maximum Gasteiger partial charge on any atom is 0.412 e. The van der Waals surface area contributed by atoms with E-state index in [0.717, 1.165) is 11.1 Å². The second-order valence-electron chi connectivity index (χ2n) is 5.96. The zero-order chi connectivity index (χ0) is 18.4. The molecule has 1 radical (unpaired) electrons. The fraction of sp³-hybridized carbons (Fsp3) is 0.143. The molecule has 0 unspecified atom stereocenters. The van der Waals surface area contributed by atoms with Crippen LogP contribution >= 0.6 is 0 Å². The molecule has 5 heteroatoms. The van der Waals surface area contributed by atoms with Gasteiger partial charge in [-0.05, 0) is 29.7 Å². The molecule has 0 aliphatic carbocycles. The number of alkyl carbamates (subject to hydrolysis) is 1. The summed E-state index contributed by atoms with van der Waals surface area (Å²) in [6.45, 7) is 1.91. The molecule has 2 aromatic carbocycles. The number of nitrogens with zero attached hydrogens (tertiary/aromatic N) is 1. The van der Waals surface area contributed by atoms with E-state index in [1.807, 2.05) is 60.7 Å². The molecular formula is C21H19N2O3. The van der Waals surface area contributed by atoms with Crippen molar-refractivity contribution in [2.24, 2.45) is 0 Å². The third kappa shape index (κ3) is 4.60. The van der Waals surface area contributed by atoms with Crippen molar-refractivity contribution < 1.29 is 14.3 Å². The van der Waals surface area contributed by atoms with Gasteiger partial charge in [-0.2, -0.15) is 0 Å². The van der Waals surface area contributed by atoms with Gasteiger partial charge in [-0.25, -0.2) is 10.1 Å². The van der Waals surface area contributed by atoms with Gasteiger partial charge in [0, 0.05) is 12.1 Å². The molecule has 0 saturated heterocycles. The van der Waals surface area contributed by atoms with Gasteiger partial charge < -0.3 is 4.74 Å². The Morgan fingerprint density at radius 2 is 1.62 bits per heavy atom. The number of ether oxygens (including phenoxy) is 1. The van der Waals surface area contributed by atoms with Crippen molar-refractivity contribution >= 4 is 12.0 Å². The molecule has 2 aromatic rings. The Labute approximate surface area is 152 Å². The monoisotopic (exact) mass is 347 g/mol. The number of carbonyl (C=O) groups excluding carboxylic acids is 2. The predicted octanol–water partition coefficient (Wildman–Crippen LogP) is 3.46. The molecule has 0 bridgehead atoms. The summed E-state index contributed by atoms with van der Waals surface area (Å²) in [4.78, 5) is 24.2. The molecule has 2 amide bonds. The number of hydrogen-bond donors (Lipinski definition) is 1. The standard InChI is InChI=1S/C21H19N2O3/c1-15-12-18(13-16-8-4-2-5-9-16)22-20(24)19(15)23-21(25)26-14-17-10-6-3-7-11-17/h2-12H,13-14H2,1H3,(H,23,25). The molecule has 3 rings (SSSR count). The summed E-state index contributed by atoms with van der Waals surface area (Å²) in [5, 5.41) is 6.58. The zero-order valence-electron chi connectivity index (χ0n) is 14.4. The quantitative estimate of drug-likeness (QED) is 0.900. The van der Waals surface area contributed by atoms with Gasteiger partial charge in [-0.3, -0.25) is 10.1 Å². The lowest BCUT2D eigenvalue weighted by atomic mass is 10.0. The highest BCUT2D eigenvalue weighted by Crippen LogP contribution is 2.17. The maximum atomic E-state index is 12.3. The van der Waals surface area contributed by atoms with E-state index in [4.69, 9.17) is 4.74 Å². The predicted molar refractivity (Wildman–Crippen MR) is 97.8 cm³/mol. The van der Waals surface area contributed by atoms with Crippen molar-refractivity contribution in [2.75, 3.05) is 0 Å². The van der Waals surface area contributed by atoms with Crippen LogP contribution in [-0.2, 0) is 22.6 Å². The van der Waals surface area contributed by atoms with E-state index in [9.17, 15) is 9.59 Å². The Kier molecular flexibility index (Phi) is 5.49. The smallest absolute Gasteiger partial charge is 0.412 e. The number of nitrogens with one attached hydrogen (secondary N) is 1. The SMILES string of the molecule is CC1=C(NC(=O)OCc2ccccc2)C(=O)[N]C(Cc2ccccc2)=C1.